The Labute approximate surface area is 177 Å². The lowest BCUT2D eigenvalue weighted by molar-refractivity contribution is -0.137. The molecular formula is C26H33F3O. The van der Waals surface area contributed by atoms with E-state index in [-0.39, 0.29) is 11.5 Å². The summed E-state index contributed by atoms with van der Waals surface area (Å²) in [4.78, 5) is 0. The molecule has 1 nitrogen and oxygen atoms in total. The van der Waals surface area contributed by atoms with E-state index in [2.05, 4.69) is 19.9 Å². The first-order valence-corrected chi connectivity index (χ1v) is 11.7. The smallest absolute Gasteiger partial charge is 0.393 e. The standard InChI is InChI=1S/C26H33F3O/c1-24-13-11-19(30)15-18(24)7-8-20-22-10-9-21(25(22,2)14-12-23(20)24)16-3-5-17(6-4-16)26(27,28)29/h3-6,9,18-20,22-23,30H,7-8,10-15H2,1-2H3/t18-,19-,20-,22-,23-,24-,25+/m0/s1. The van der Waals surface area contributed by atoms with Crippen LogP contribution >= 0.6 is 0 Å². The Hall–Kier alpha value is -1.29. The Morgan fingerprint density at radius 1 is 0.933 bits per heavy atom. The number of aliphatic hydroxyl groups excluding tert-OH is 1. The molecule has 0 bridgehead atoms. The summed E-state index contributed by atoms with van der Waals surface area (Å²) in [6, 6.07) is 5.82. The zero-order valence-corrected chi connectivity index (χ0v) is 18.0. The number of aliphatic hydroxyl groups is 1. The summed E-state index contributed by atoms with van der Waals surface area (Å²) < 4.78 is 39.0. The molecule has 4 aliphatic rings. The zero-order chi connectivity index (χ0) is 21.3. The molecule has 0 spiro atoms. The van der Waals surface area contributed by atoms with E-state index >= 15 is 0 Å². The quantitative estimate of drug-likeness (QED) is 0.516. The number of fused-ring (bicyclic) bond motifs is 5. The fraction of sp³-hybridized carbons (Fsp3) is 0.692. The van der Waals surface area contributed by atoms with Gasteiger partial charge >= 0.3 is 6.18 Å². The maximum absolute atomic E-state index is 13.0. The van der Waals surface area contributed by atoms with Gasteiger partial charge in [0.2, 0.25) is 0 Å². The van der Waals surface area contributed by atoms with E-state index in [9.17, 15) is 18.3 Å². The van der Waals surface area contributed by atoms with Crippen molar-refractivity contribution in [2.24, 2.45) is 34.5 Å². The fourth-order valence-corrected chi connectivity index (χ4v) is 8.09. The lowest BCUT2D eigenvalue weighted by Crippen LogP contribution is -2.53. The highest BCUT2D eigenvalue weighted by Gasteiger charge is 2.58. The van der Waals surface area contributed by atoms with E-state index in [0.717, 1.165) is 43.6 Å². The van der Waals surface area contributed by atoms with Crippen molar-refractivity contribution in [1.29, 1.82) is 0 Å². The molecule has 1 aromatic rings. The van der Waals surface area contributed by atoms with Crippen LogP contribution in [0.15, 0.2) is 30.3 Å². The minimum atomic E-state index is -4.28. The molecule has 0 unspecified atom stereocenters. The van der Waals surface area contributed by atoms with Crippen LogP contribution in [-0.2, 0) is 6.18 Å². The van der Waals surface area contributed by atoms with Gasteiger partial charge in [0.15, 0.2) is 0 Å². The number of hydrogen-bond acceptors (Lipinski definition) is 1. The van der Waals surface area contributed by atoms with Crippen LogP contribution in [0.3, 0.4) is 0 Å². The van der Waals surface area contributed by atoms with Crippen LogP contribution in [0.1, 0.15) is 76.3 Å². The average molecular weight is 419 g/mol. The number of alkyl halides is 3. The van der Waals surface area contributed by atoms with E-state index < -0.39 is 11.7 Å². The molecular weight excluding hydrogens is 385 g/mol. The van der Waals surface area contributed by atoms with Gasteiger partial charge in [0, 0.05) is 0 Å². The van der Waals surface area contributed by atoms with Crippen molar-refractivity contribution in [2.45, 2.75) is 77.5 Å². The SMILES string of the molecule is C[C@]12CC[C@H](O)C[C@@H]1CC[C@@H]1[C@@H]2CC[C@]2(C)C(c3ccc(C(F)(F)F)cc3)=CC[C@@H]12. The lowest BCUT2D eigenvalue weighted by Gasteiger charge is -2.60. The molecule has 0 radical (unpaired) electrons. The molecule has 4 heteroatoms. The molecule has 0 amide bonds. The second-order valence-corrected chi connectivity index (χ2v) is 11.0. The van der Waals surface area contributed by atoms with Gasteiger partial charge < -0.3 is 5.11 Å². The summed E-state index contributed by atoms with van der Waals surface area (Å²) >= 11 is 0. The minimum absolute atomic E-state index is 0.0678. The number of allylic oxidation sites excluding steroid dienone is 2. The van der Waals surface area contributed by atoms with Crippen LogP contribution in [0.25, 0.3) is 5.57 Å². The van der Waals surface area contributed by atoms with Crippen LogP contribution in [-0.4, -0.2) is 11.2 Å². The van der Waals surface area contributed by atoms with Gasteiger partial charge in [-0.25, -0.2) is 0 Å². The van der Waals surface area contributed by atoms with E-state index in [1.807, 2.05) is 0 Å². The highest BCUT2D eigenvalue weighted by atomic mass is 19.4. The Kier molecular flexibility index (Phi) is 4.71. The number of rotatable bonds is 1. The van der Waals surface area contributed by atoms with Crippen molar-refractivity contribution < 1.29 is 18.3 Å². The molecule has 1 aromatic carbocycles. The second-order valence-electron chi connectivity index (χ2n) is 11.0. The largest absolute Gasteiger partial charge is 0.416 e. The van der Waals surface area contributed by atoms with Crippen LogP contribution in [0, 0.1) is 34.5 Å². The predicted molar refractivity (Wildman–Crippen MR) is 113 cm³/mol. The summed E-state index contributed by atoms with van der Waals surface area (Å²) in [6.45, 7) is 4.85. The molecule has 5 rings (SSSR count). The minimum Gasteiger partial charge on any atom is -0.393 e. The summed E-state index contributed by atoms with van der Waals surface area (Å²) in [5.41, 5.74) is 2.08. The topological polar surface area (TPSA) is 20.2 Å². The van der Waals surface area contributed by atoms with Gasteiger partial charge in [-0.05, 0) is 109 Å². The van der Waals surface area contributed by atoms with Crippen LogP contribution < -0.4 is 0 Å². The molecule has 4 aliphatic carbocycles. The van der Waals surface area contributed by atoms with Crippen molar-refractivity contribution in [1.82, 2.24) is 0 Å². The Balaban J connectivity index is 1.40. The third-order valence-corrected chi connectivity index (χ3v) is 9.74. The predicted octanol–water partition coefficient (Wildman–Crippen LogP) is 7.10. The van der Waals surface area contributed by atoms with Crippen molar-refractivity contribution in [3.05, 3.63) is 41.5 Å². The van der Waals surface area contributed by atoms with Gasteiger partial charge in [-0.1, -0.05) is 32.1 Å². The van der Waals surface area contributed by atoms with E-state index in [1.54, 1.807) is 12.1 Å². The monoisotopic (exact) mass is 418 g/mol. The molecule has 30 heavy (non-hydrogen) atoms. The highest BCUT2D eigenvalue weighted by molar-refractivity contribution is 5.73. The molecule has 0 saturated heterocycles. The fourth-order valence-electron chi connectivity index (χ4n) is 8.09. The maximum Gasteiger partial charge on any atom is 0.416 e. The Morgan fingerprint density at radius 3 is 2.37 bits per heavy atom. The average Bonchev–Trinajstić information content (AvgIpc) is 3.05. The molecule has 7 atom stereocenters. The third-order valence-electron chi connectivity index (χ3n) is 9.74. The number of hydrogen-bond donors (Lipinski definition) is 1. The van der Waals surface area contributed by atoms with Crippen LogP contribution in [0.2, 0.25) is 0 Å². The van der Waals surface area contributed by atoms with E-state index in [4.69, 9.17) is 0 Å². The van der Waals surface area contributed by atoms with Gasteiger partial charge in [-0.3, -0.25) is 0 Å². The summed E-state index contributed by atoms with van der Waals surface area (Å²) in [7, 11) is 0. The van der Waals surface area contributed by atoms with Gasteiger partial charge in [0.25, 0.3) is 0 Å². The maximum atomic E-state index is 13.0. The Bertz CT molecular complexity index is 841. The number of benzene rings is 1. The van der Waals surface area contributed by atoms with Gasteiger partial charge in [0.1, 0.15) is 0 Å². The molecule has 0 aromatic heterocycles. The Morgan fingerprint density at radius 2 is 1.67 bits per heavy atom. The molecule has 0 aliphatic heterocycles. The normalized spacial score (nSPS) is 43.4. The first-order valence-electron chi connectivity index (χ1n) is 11.7. The van der Waals surface area contributed by atoms with Gasteiger partial charge in [-0.15, -0.1) is 0 Å². The van der Waals surface area contributed by atoms with Crippen molar-refractivity contribution in [2.75, 3.05) is 0 Å². The highest BCUT2D eigenvalue weighted by Crippen LogP contribution is 2.67. The van der Waals surface area contributed by atoms with Crippen LogP contribution in [0.5, 0.6) is 0 Å². The molecule has 0 heterocycles. The van der Waals surface area contributed by atoms with Crippen LogP contribution in [0.4, 0.5) is 13.2 Å². The lowest BCUT2D eigenvalue weighted by atomic mass is 9.44. The van der Waals surface area contributed by atoms with E-state index in [0.29, 0.717) is 23.2 Å². The summed E-state index contributed by atoms with van der Waals surface area (Å²) in [5, 5.41) is 10.2. The van der Waals surface area contributed by atoms with E-state index in [1.165, 1.54) is 37.0 Å². The third kappa shape index (κ3) is 3.00. The van der Waals surface area contributed by atoms with Gasteiger partial charge in [0.05, 0.1) is 11.7 Å². The zero-order valence-electron chi connectivity index (χ0n) is 18.0. The van der Waals surface area contributed by atoms with Crippen molar-refractivity contribution in [3.63, 3.8) is 0 Å². The number of halogens is 3. The molecule has 3 saturated carbocycles. The first-order chi connectivity index (χ1) is 14.1. The first kappa shape index (κ1) is 20.6. The molecule has 3 fully saturated rings. The summed E-state index contributed by atoms with van der Waals surface area (Å²) in [6.07, 6.45) is 6.82. The second kappa shape index (κ2) is 6.85. The molecule has 164 valence electrons. The van der Waals surface area contributed by atoms with Gasteiger partial charge in [-0.2, -0.15) is 13.2 Å². The van der Waals surface area contributed by atoms with Crippen molar-refractivity contribution in [3.8, 4) is 0 Å². The van der Waals surface area contributed by atoms with Crippen molar-refractivity contribution >= 4 is 5.57 Å². The summed E-state index contributed by atoms with van der Waals surface area (Å²) in [5.74, 6) is 2.67. The molecule has 1 N–H and O–H groups in total.